The molecule has 2 heterocycles. The summed E-state index contributed by atoms with van der Waals surface area (Å²) in [5, 5.41) is 6.66. The minimum atomic E-state index is -4.72. The first kappa shape index (κ1) is 25.4. The third-order valence-corrected chi connectivity index (χ3v) is 5.62. The van der Waals surface area contributed by atoms with Gasteiger partial charge in [0, 0.05) is 18.0 Å². The third kappa shape index (κ3) is 5.74. The molecule has 0 saturated carbocycles. The summed E-state index contributed by atoms with van der Waals surface area (Å²) in [5.41, 5.74) is 4.07. The van der Waals surface area contributed by atoms with Gasteiger partial charge in [0.05, 0.1) is 13.2 Å². The molecule has 4 rings (SSSR count). The van der Waals surface area contributed by atoms with Crippen LogP contribution in [0.15, 0.2) is 42.5 Å². The third-order valence-electron chi connectivity index (χ3n) is 5.62. The summed E-state index contributed by atoms with van der Waals surface area (Å²) >= 11 is 0. The number of fused-ring (bicyclic) bond motifs is 1. The van der Waals surface area contributed by atoms with E-state index in [1.54, 1.807) is 24.3 Å². The zero-order valence-corrected chi connectivity index (χ0v) is 18.6. The van der Waals surface area contributed by atoms with E-state index < -0.39 is 35.6 Å². The van der Waals surface area contributed by atoms with Gasteiger partial charge in [-0.2, -0.15) is 18.7 Å². The van der Waals surface area contributed by atoms with Crippen LogP contribution < -0.4 is 5.48 Å². The van der Waals surface area contributed by atoms with Crippen molar-refractivity contribution in [1.29, 1.82) is 0 Å². The maximum atomic E-state index is 13.7. The average Bonchev–Trinajstić information content (AvgIpc) is 3.42. The van der Waals surface area contributed by atoms with Gasteiger partial charge >= 0.3 is 6.18 Å². The number of alkyl halides is 3. The Balaban J connectivity index is 1.44. The first-order valence-electron chi connectivity index (χ1n) is 10.8. The van der Waals surface area contributed by atoms with Crippen LogP contribution in [0.2, 0.25) is 0 Å². The summed E-state index contributed by atoms with van der Waals surface area (Å²) in [6.45, 7) is -0.564. The van der Waals surface area contributed by atoms with Gasteiger partial charge in [-0.15, -0.1) is 10.2 Å². The number of hydrogen-bond donors (Lipinski definition) is 1. The molecule has 0 bridgehead atoms. The molecule has 13 heteroatoms. The normalized spacial score (nSPS) is 14.1. The van der Waals surface area contributed by atoms with Gasteiger partial charge < -0.3 is 4.90 Å². The van der Waals surface area contributed by atoms with E-state index in [1.807, 2.05) is 0 Å². The van der Waals surface area contributed by atoms with Crippen LogP contribution in [-0.2, 0) is 42.0 Å². The fraction of sp³-hybridized carbons (Fsp3) is 0.304. The highest BCUT2D eigenvalue weighted by Gasteiger charge is 2.41. The van der Waals surface area contributed by atoms with Crippen molar-refractivity contribution in [3.8, 4) is 0 Å². The van der Waals surface area contributed by atoms with Crippen molar-refractivity contribution in [3.05, 3.63) is 82.4 Å². The fourth-order valence-electron chi connectivity index (χ4n) is 3.83. The van der Waals surface area contributed by atoms with Gasteiger partial charge in [0.15, 0.2) is 17.5 Å². The van der Waals surface area contributed by atoms with E-state index in [2.05, 4.69) is 15.7 Å². The number of halogens is 5. The number of benzene rings is 2. The number of hydrogen-bond acceptors (Lipinski definition) is 6. The fourth-order valence-corrected chi connectivity index (χ4v) is 3.83. The Morgan fingerprint density at radius 3 is 2.64 bits per heavy atom. The molecule has 0 radical (unpaired) electrons. The van der Waals surface area contributed by atoms with E-state index >= 15 is 0 Å². The molecule has 2 aromatic carbocycles. The Kier molecular flexibility index (Phi) is 7.40. The van der Waals surface area contributed by atoms with Crippen LogP contribution in [0.3, 0.4) is 0 Å². The molecule has 3 aromatic rings. The van der Waals surface area contributed by atoms with Gasteiger partial charge in [-0.1, -0.05) is 30.3 Å². The van der Waals surface area contributed by atoms with E-state index in [1.165, 1.54) is 11.0 Å². The molecule has 190 valence electrons. The number of carbonyl (C=O) groups excluding carboxylic acids is 2. The van der Waals surface area contributed by atoms with Crippen LogP contribution in [0, 0.1) is 11.6 Å². The van der Waals surface area contributed by atoms with Crippen LogP contribution in [0.1, 0.15) is 39.6 Å². The van der Waals surface area contributed by atoms with Gasteiger partial charge in [0.1, 0.15) is 13.0 Å². The zero-order chi connectivity index (χ0) is 25.9. The number of aromatic nitrogens is 3. The maximum Gasteiger partial charge on any atom is 0.451 e. The molecule has 0 spiro atoms. The van der Waals surface area contributed by atoms with Gasteiger partial charge in [-0.3, -0.25) is 19.0 Å². The second kappa shape index (κ2) is 10.5. The van der Waals surface area contributed by atoms with Gasteiger partial charge in [0.2, 0.25) is 11.7 Å². The standard InChI is InChI=1S/C23H20F5N5O3/c24-18-6-5-14(8-19(18)25)7-17(31-36-12-16-4-2-1-3-15(16)11-34)9-21(35)32-10-20-29-30-22(23(26,27)28)33(20)13-32/h1-6,8,11,17,31H,7,9-10,12-13H2/t17-/m1/s1. The number of rotatable bonds is 9. The molecule has 36 heavy (non-hydrogen) atoms. The highest BCUT2D eigenvalue weighted by atomic mass is 19.4. The van der Waals surface area contributed by atoms with E-state index in [0.717, 1.165) is 16.7 Å². The van der Waals surface area contributed by atoms with Gasteiger partial charge in [0.25, 0.3) is 0 Å². The molecule has 0 fully saturated rings. The van der Waals surface area contributed by atoms with Crippen molar-refractivity contribution in [3.63, 3.8) is 0 Å². The minimum Gasteiger partial charge on any atom is -0.317 e. The summed E-state index contributed by atoms with van der Waals surface area (Å²) in [4.78, 5) is 30.8. The number of amides is 1. The molecule has 1 atom stereocenters. The molecular weight excluding hydrogens is 489 g/mol. The molecule has 0 aliphatic carbocycles. The first-order valence-corrected chi connectivity index (χ1v) is 10.8. The summed E-state index contributed by atoms with van der Waals surface area (Å²) in [6, 6.07) is 9.23. The molecule has 1 aliphatic rings. The molecule has 1 aromatic heterocycles. The van der Waals surface area contributed by atoms with Crippen LogP contribution in [0.25, 0.3) is 0 Å². The Labute approximate surface area is 201 Å². The Morgan fingerprint density at radius 2 is 1.92 bits per heavy atom. The SMILES string of the molecule is O=Cc1ccccc1CON[C@@H](CC(=O)N1Cc2nnc(C(F)(F)F)n2C1)Cc1ccc(F)c(F)c1. The van der Waals surface area contributed by atoms with Gasteiger partial charge in [-0.05, 0) is 29.7 Å². The number of aldehydes is 1. The van der Waals surface area contributed by atoms with Crippen LogP contribution in [-0.4, -0.2) is 37.9 Å². The van der Waals surface area contributed by atoms with Crippen molar-refractivity contribution in [1.82, 2.24) is 25.1 Å². The van der Waals surface area contributed by atoms with Crippen LogP contribution in [0.4, 0.5) is 22.0 Å². The number of nitrogens with zero attached hydrogens (tertiary/aromatic N) is 4. The lowest BCUT2D eigenvalue weighted by atomic mass is 10.0. The summed E-state index contributed by atoms with van der Waals surface area (Å²) in [5.74, 6) is -3.79. The van der Waals surface area contributed by atoms with Crippen LogP contribution in [0.5, 0.6) is 0 Å². The van der Waals surface area contributed by atoms with Gasteiger partial charge in [-0.25, -0.2) is 8.78 Å². The zero-order valence-electron chi connectivity index (χ0n) is 18.6. The Bertz CT molecular complexity index is 1260. The second-order valence-corrected chi connectivity index (χ2v) is 8.18. The lowest BCUT2D eigenvalue weighted by Gasteiger charge is -2.22. The van der Waals surface area contributed by atoms with E-state index in [-0.39, 0.29) is 38.5 Å². The van der Waals surface area contributed by atoms with E-state index in [0.29, 0.717) is 23.0 Å². The number of hydroxylamine groups is 1. The highest BCUT2D eigenvalue weighted by molar-refractivity contribution is 5.77. The Hall–Kier alpha value is -3.71. The second-order valence-electron chi connectivity index (χ2n) is 8.18. The molecule has 1 N–H and O–H groups in total. The maximum absolute atomic E-state index is 13.7. The number of nitrogens with one attached hydrogen (secondary N) is 1. The predicted molar refractivity (Wildman–Crippen MR) is 114 cm³/mol. The van der Waals surface area contributed by atoms with Crippen molar-refractivity contribution >= 4 is 12.2 Å². The van der Waals surface area contributed by atoms with Crippen molar-refractivity contribution < 1.29 is 36.4 Å². The smallest absolute Gasteiger partial charge is 0.317 e. The summed E-state index contributed by atoms with van der Waals surface area (Å²) in [6.07, 6.45) is -4.23. The molecular formula is C23H20F5N5O3. The average molecular weight is 509 g/mol. The molecule has 1 aliphatic heterocycles. The predicted octanol–water partition coefficient (Wildman–Crippen LogP) is 3.41. The highest BCUT2D eigenvalue weighted by Crippen LogP contribution is 2.30. The minimum absolute atomic E-state index is 0.00232. The van der Waals surface area contributed by atoms with E-state index in [4.69, 9.17) is 4.84 Å². The molecule has 8 nitrogen and oxygen atoms in total. The first-order chi connectivity index (χ1) is 17.2. The quantitative estimate of drug-likeness (QED) is 0.270. The lowest BCUT2D eigenvalue weighted by molar-refractivity contribution is -0.149. The molecule has 0 saturated heterocycles. The Morgan fingerprint density at radius 1 is 1.14 bits per heavy atom. The van der Waals surface area contributed by atoms with Crippen molar-refractivity contribution in [2.75, 3.05) is 0 Å². The molecule has 1 amide bonds. The molecule has 0 unspecified atom stereocenters. The summed E-state index contributed by atoms with van der Waals surface area (Å²) < 4.78 is 67.2. The monoisotopic (exact) mass is 509 g/mol. The number of carbonyl (C=O) groups is 2. The van der Waals surface area contributed by atoms with Crippen LogP contribution >= 0.6 is 0 Å². The van der Waals surface area contributed by atoms with E-state index in [9.17, 15) is 31.5 Å². The summed E-state index contributed by atoms with van der Waals surface area (Å²) in [7, 11) is 0. The lowest BCUT2D eigenvalue weighted by Crippen LogP contribution is -2.38. The van der Waals surface area contributed by atoms with Crippen molar-refractivity contribution in [2.24, 2.45) is 0 Å². The largest absolute Gasteiger partial charge is 0.451 e. The van der Waals surface area contributed by atoms with Crippen molar-refractivity contribution in [2.45, 2.75) is 44.9 Å². The topological polar surface area (TPSA) is 89.3 Å².